The monoisotopic (exact) mass is 175 g/mol. The second-order valence-corrected chi connectivity index (χ2v) is 2.24. The van der Waals surface area contributed by atoms with Crippen LogP contribution in [0.1, 0.15) is 0 Å². The van der Waals surface area contributed by atoms with Crippen LogP contribution in [0.15, 0.2) is 0 Å². The zero-order chi connectivity index (χ0) is 9.14. The first-order valence-corrected chi connectivity index (χ1v) is 3.34. The van der Waals surface area contributed by atoms with Crippen LogP contribution >= 0.6 is 0 Å². The van der Waals surface area contributed by atoms with Gasteiger partial charge in [-0.15, -0.1) is 0 Å². The molecule has 2 atom stereocenters. The van der Waals surface area contributed by atoms with E-state index in [0.717, 1.165) is 0 Å². The van der Waals surface area contributed by atoms with Crippen molar-refractivity contribution in [2.45, 2.75) is 12.2 Å². The van der Waals surface area contributed by atoms with Gasteiger partial charge >= 0.3 is 5.97 Å². The Kier molecular flexibility index (Phi) is 2.61. The lowest BCUT2D eigenvalue weighted by Crippen LogP contribution is -2.42. The van der Waals surface area contributed by atoms with Gasteiger partial charge in [0, 0.05) is 7.05 Å². The van der Waals surface area contributed by atoms with Crippen LogP contribution < -0.4 is 5.32 Å². The number of hydrogen-bond donors (Lipinski definition) is 2. The number of ether oxygens (including phenoxy) is 2. The number of likely N-dealkylation sites (N-methyl/N-ethyl adjacent to an activating group) is 1. The van der Waals surface area contributed by atoms with Gasteiger partial charge in [-0.2, -0.15) is 0 Å². The first-order valence-electron chi connectivity index (χ1n) is 3.34. The van der Waals surface area contributed by atoms with Crippen LogP contribution in [0.25, 0.3) is 0 Å². The Morgan fingerprint density at radius 2 is 2.00 bits per heavy atom. The SMILES string of the molecule is CNC(=O)C1OCOC1C(=O)O. The summed E-state index contributed by atoms with van der Waals surface area (Å²) in [5, 5.41) is 10.8. The van der Waals surface area contributed by atoms with E-state index < -0.39 is 24.1 Å². The Bertz CT molecular complexity index is 204. The predicted molar refractivity (Wildman–Crippen MR) is 36.3 cm³/mol. The molecule has 1 heterocycles. The number of rotatable bonds is 2. The van der Waals surface area contributed by atoms with Crippen LogP contribution in [-0.4, -0.2) is 43.0 Å². The van der Waals surface area contributed by atoms with Gasteiger partial charge in [0.1, 0.15) is 6.79 Å². The highest BCUT2D eigenvalue weighted by atomic mass is 16.7. The van der Waals surface area contributed by atoms with E-state index in [9.17, 15) is 9.59 Å². The van der Waals surface area contributed by atoms with Crippen molar-refractivity contribution in [1.82, 2.24) is 5.32 Å². The van der Waals surface area contributed by atoms with Crippen LogP contribution in [0, 0.1) is 0 Å². The molecule has 1 aliphatic rings. The molecule has 6 heteroatoms. The molecule has 6 nitrogen and oxygen atoms in total. The summed E-state index contributed by atoms with van der Waals surface area (Å²) in [6.45, 7) is -0.158. The molecule has 12 heavy (non-hydrogen) atoms. The van der Waals surface area contributed by atoms with Crippen LogP contribution in [0.2, 0.25) is 0 Å². The minimum absolute atomic E-state index is 0.158. The van der Waals surface area contributed by atoms with Gasteiger partial charge in [0.25, 0.3) is 5.91 Å². The Labute approximate surface area is 68.5 Å². The molecule has 1 amide bonds. The van der Waals surface area contributed by atoms with Gasteiger partial charge in [-0.25, -0.2) is 4.79 Å². The summed E-state index contributed by atoms with van der Waals surface area (Å²) in [7, 11) is 1.41. The highest BCUT2D eigenvalue weighted by molar-refractivity contribution is 5.88. The van der Waals surface area contributed by atoms with Crippen molar-refractivity contribution >= 4 is 11.9 Å². The zero-order valence-electron chi connectivity index (χ0n) is 6.44. The van der Waals surface area contributed by atoms with E-state index >= 15 is 0 Å². The van der Waals surface area contributed by atoms with Gasteiger partial charge in [-0.1, -0.05) is 0 Å². The third kappa shape index (κ3) is 1.54. The fraction of sp³-hybridized carbons (Fsp3) is 0.667. The normalized spacial score (nSPS) is 28.4. The molecule has 68 valence electrons. The van der Waals surface area contributed by atoms with E-state index in [4.69, 9.17) is 9.84 Å². The van der Waals surface area contributed by atoms with Gasteiger partial charge in [-0.05, 0) is 0 Å². The summed E-state index contributed by atoms with van der Waals surface area (Å²) < 4.78 is 9.43. The Balaban J connectivity index is 2.63. The highest BCUT2D eigenvalue weighted by Gasteiger charge is 2.39. The Morgan fingerprint density at radius 3 is 2.50 bits per heavy atom. The molecule has 0 aromatic rings. The molecule has 2 N–H and O–H groups in total. The van der Waals surface area contributed by atoms with Crippen molar-refractivity contribution < 1.29 is 24.2 Å². The maximum absolute atomic E-state index is 10.9. The summed E-state index contributed by atoms with van der Waals surface area (Å²) in [6, 6.07) is 0. The average molecular weight is 175 g/mol. The first kappa shape index (κ1) is 8.95. The molecular formula is C6H9NO5. The largest absolute Gasteiger partial charge is 0.479 e. The van der Waals surface area contributed by atoms with E-state index in [1.807, 2.05) is 0 Å². The van der Waals surface area contributed by atoms with Crippen LogP contribution in [0.3, 0.4) is 0 Å². The molecule has 0 spiro atoms. The van der Waals surface area contributed by atoms with E-state index in [2.05, 4.69) is 10.1 Å². The zero-order valence-corrected chi connectivity index (χ0v) is 6.44. The van der Waals surface area contributed by atoms with Crippen LogP contribution in [0.4, 0.5) is 0 Å². The van der Waals surface area contributed by atoms with E-state index in [1.165, 1.54) is 7.05 Å². The second kappa shape index (κ2) is 3.51. The molecule has 0 aliphatic carbocycles. The molecule has 1 fully saturated rings. The first-order chi connectivity index (χ1) is 5.66. The summed E-state index contributed by atoms with van der Waals surface area (Å²) in [4.78, 5) is 21.4. The number of aliphatic carboxylic acids is 1. The van der Waals surface area contributed by atoms with Crippen molar-refractivity contribution in [2.24, 2.45) is 0 Å². The lowest BCUT2D eigenvalue weighted by Gasteiger charge is -2.10. The number of carboxylic acids is 1. The Hall–Kier alpha value is -1.14. The Morgan fingerprint density at radius 1 is 1.42 bits per heavy atom. The maximum Gasteiger partial charge on any atom is 0.336 e. The van der Waals surface area contributed by atoms with Gasteiger partial charge < -0.3 is 19.9 Å². The number of carbonyl (C=O) groups is 2. The quantitative estimate of drug-likeness (QED) is 0.536. The molecular weight excluding hydrogens is 166 g/mol. The number of carboxylic acid groups (broad SMARTS) is 1. The molecule has 0 aromatic carbocycles. The summed E-state index contributed by atoms with van der Waals surface area (Å²) >= 11 is 0. The second-order valence-electron chi connectivity index (χ2n) is 2.24. The third-order valence-corrected chi connectivity index (χ3v) is 1.52. The van der Waals surface area contributed by atoms with Crippen molar-refractivity contribution in [1.29, 1.82) is 0 Å². The van der Waals surface area contributed by atoms with Gasteiger partial charge in [0.2, 0.25) is 0 Å². The molecule has 0 bridgehead atoms. The summed E-state index contributed by atoms with van der Waals surface area (Å²) in [5.74, 6) is -1.68. The van der Waals surface area contributed by atoms with Crippen molar-refractivity contribution in [3.05, 3.63) is 0 Å². The van der Waals surface area contributed by atoms with Crippen molar-refractivity contribution in [3.63, 3.8) is 0 Å². The number of nitrogens with one attached hydrogen (secondary N) is 1. The molecule has 1 rings (SSSR count). The molecule has 2 unspecified atom stereocenters. The molecule has 0 aromatic heterocycles. The minimum atomic E-state index is -1.19. The predicted octanol–water partition coefficient (Wildman–Crippen LogP) is -1.44. The lowest BCUT2D eigenvalue weighted by molar-refractivity contribution is -0.150. The summed E-state index contributed by atoms with van der Waals surface area (Å²) in [5.41, 5.74) is 0. The molecule has 1 aliphatic heterocycles. The number of hydrogen-bond acceptors (Lipinski definition) is 4. The van der Waals surface area contributed by atoms with Gasteiger partial charge in [0.05, 0.1) is 0 Å². The number of carbonyl (C=O) groups excluding carboxylic acids is 1. The number of amides is 1. The molecule has 0 radical (unpaired) electrons. The third-order valence-electron chi connectivity index (χ3n) is 1.52. The van der Waals surface area contributed by atoms with Crippen LogP contribution in [-0.2, 0) is 19.1 Å². The molecule has 1 saturated heterocycles. The van der Waals surface area contributed by atoms with E-state index in [0.29, 0.717) is 0 Å². The van der Waals surface area contributed by atoms with E-state index in [-0.39, 0.29) is 6.79 Å². The highest BCUT2D eigenvalue weighted by Crippen LogP contribution is 2.12. The maximum atomic E-state index is 10.9. The summed E-state index contributed by atoms with van der Waals surface area (Å²) in [6.07, 6.45) is -2.22. The lowest BCUT2D eigenvalue weighted by atomic mass is 10.2. The fourth-order valence-electron chi connectivity index (χ4n) is 0.917. The van der Waals surface area contributed by atoms with E-state index in [1.54, 1.807) is 0 Å². The topological polar surface area (TPSA) is 84.9 Å². The van der Waals surface area contributed by atoms with Gasteiger partial charge in [0.15, 0.2) is 12.2 Å². The van der Waals surface area contributed by atoms with Crippen molar-refractivity contribution in [3.8, 4) is 0 Å². The van der Waals surface area contributed by atoms with Gasteiger partial charge in [-0.3, -0.25) is 4.79 Å². The fourth-order valence-corrected chi connectivity index (χ4v) is 0.917. The minimum Gasteiger partial charge on any atom is -0.479 e. The van der Waals surface area contributed by atoms with Crippen molar-refractivity contribution in [2.75, 3.05) is 13.8 Å². The average Bonchev–Trinajstić information content (AvgIpc) is 2.50. The standard InChI is InChI=1S/C6H9NO5/c1-7-5(8)3-4(6(9)10)12-2-11-3/h3-4H,2H2,1H3,(H,7,8)(H,9,10). The van der Waals surface area contributed by atoms with Crippen LogP contribution in [0.5, 0.6) is 0 Å². The smallest absolute Gasteiger partial charge is 0.336 e. The molecule has 0 saturated carbocycles.